The average molecular weight is 412 g/mol. The fourth-order valence-electron chi connectivity index (χ4n) is 3.65. The third-order valence-corrected chi connectivity index (χ3v) is 5.69. The number of nitrogens with one attached hydrogen (secondary N) is 2. The van der Waals surface area contributed by atoms with Crippen LogP contribution in [-0.2, 0) is 17.8 Å². The number of hydrogen-bond acceptors (Lipinski definition) is 4. The molecule has 7 heteroatoms. The number of aromatic nitrogens is 1. The largest absolute Gasteiger partial charge is 0.497 e. The van der Waals surface area contributed by atoms with Gasteiger partial charge in [-0.3, -0.25) is 14.5 Å². The van der Waals surface area contributed by atoms with E-state index in [9.17, 15) is 9.59 Å². The first kappa shape index (κ1) is 19.5. The van der Waals surface area contributed by atoms with E-state index in [0.717, 1.165) is 16.8 Å². The second-order valence-electron chi connectivity index (χ2n) is 7.30. The number of carbonyl (C=O) groups excluding carboxylic acids is 1. The summed E-state index contributed by atoms with van der Waals surface area (Å²) in [7, 11) is 1.58. The molecule has 6 nitrogen and oxygen atoms in total. The first-order valence-electron chi connectivity index (χ1n) is 9.45. The highest BCUT2D eigenvalue weighted by Gasteiger charge is 2.22. The number of aryl methyl sites for hydroxylation is 1. The Morgan fingerprint density at radius 1 is 1.28 bits per heavy atom. The lowest BCUT2D eigenvalue weighted by atomic mass is 10.0. The van der Waals surface area contributed by atoms with Crippen LogP contribution < -0.4 is 15.5 Å². The van der Waals surface area contributed by atoms with Gasteiger partial charge in [0.05, 0.1) is 13.7 Å². The molecule has 29 heavy (non-hydrogen) atoms. The molecule has 1 aliphatic heterocycles. The molecule has 2 aromatic carbocycles. The van der Waals surface area contributed by atoms with Crippen LogP contribution in [0.15, 0.2) is 41.2 Å². The van der Waals surface area contributed by atoms with Gasteiger partial charge in [0.1, 0.15) is 5.75 Å². The maximum atomic E-state index is 13.0. The monoisotopic (exact) mass is 411 g/mol. The molecule has 2 heterocycles. The van der Waals surface area contributed by atoms with E-state index in [1.807, 2.05) is 36.1 Å². The van der Waals surface area contributed by atoms with Gasteiger partial charge in [0.2, 0.25) is 5.91 Å². The van der Waals surface area contributed by atoms with Crippen LogP contribution in [-0.4, -0.2) is 36.0 Å². The first-order chi connectivity index (χ1) is 13.9. The first-order valence-corrected chi connectivity index (χ1v) is 9.82. The minimum absolute atomic E-state index is 0.0110. The summed E-state index contributed by atoms with van der Waals surface area (Å²) < 4.78 is 5.24. The molecule has 2 N–H and O–H groups in total. The van der Waals surface area contributed by atoms with Gasteiger partial charge in [-0.15, -0.1) is 0 Å². The number of carbonyl (C=O) groups is 1. The summed E-state index contributed by atoms with van der Waals surface area (Å²) in [4.78, 5) is 30.8. The van der Waals surface area contributed by atoms with E-state index < -0.39 is 0 Å². The van der Waals surface area contributed by atoms with Gasteiger partial charge in [0.25, 0.3) is 0 Å². The lowest BCUT2D eigenvalue weighted by Gasteiger charge is -2.28. The lowest BCUT2D eigenvalue weighted by molar-refractivity contribution is -0.117. The molecule has 0 saturated carbocycles. The van der Waals surface area contributed by atoms with E-state index in [1.165, 1.54) is 0 Å². The Kier molecular flexibility index (Phi) is 5.30. The second-order valence-corrected chi connectivity index (χ2v) is 7.70. The summed E-state index contributed by atoms with van der Waals surface area (Å²) in [5.74, 6) is 0.513. The predicted molar refractivity (Wildman–Crippen MR) is 115 cm³/mol. The van der Waals surface area contributed by atoms with Gasteiger partial charge in [-0.1, -0.05) is 17.7 Å². The summed E-state index contributed by atoms with van der Waals surface area (Å²) in [6, 6.07) is 10.9. The van der Waals surface area contributed by atoms with Crippen LogP contribution >= 0.6 is 11.6 Å². The lowest BCUT2D eigenvalue weighted by Crippen LogP contribution is -2.39. The Morgan fingerprint density at radius 3 is 2.86 bits per heavy atom. The van der Waals surface area contributed by atoms with Gasteiger partial charge in [-0.2, -0.15) is 0 Å². The van der Waals surface area contributed by atoms with Gasteiger partial charge in [0.15, 0.2) is 5.43 Å². The third kappa shape index (κ3) is 3.99. The van der Waals surface area contributed by atoms with Crippen molar-refractivity contribution in [1.29, 1.82) is 0 Å². The molecule has 0 bridgehead atoms. The number of benzene rings is 2. The number of pyridine rings is 1. The number of nitrogens with zero attached hydrogens (tertiary/aromatic N) is 1. The second kappa shape index (κ2) is 7.89. The van der Waals surface area contributed by atoms with Crippen molar-refractivity contribution >= 4 is 34.1 Å². The Hall–Kier alpha value is -2.83. The van der Waals surface area contributed by atoms with Crippen LogP contribution in [0.3, 0.4) is 0 Å². The summed E-state index contributed by atoms with van der Waals surface area (Å²) in [5.41, 5.74) is 4.07. The Labute approximate surface area is 173 Å². The van der Waals surface area contributed by atoms with Crippen LogP contribution in [0.2, 0.25) is 5.02 Å². The third-order valence-electron chi connectivity index (χ3n) is 5.28. The zero-order chi connectivity index (χ0) is 20.5. The molecule has 150 valence electrons. The molecule has 0 atom stereocenters. The van der Waals surface area contributed by atoms with Crippen LogP contribution in [0.4, 0.5) is 5.69 Å². The number of amides is 1. The molecule has 1 amide bonds. The topological polar surface area (TPSA) is 74.4 Å². The Balaban J connectivity index is 1.51. The highest BCUT2D eigenvalue weighted by molar-refractivity contribution is 6.31. The van der Waals surface area contributed by atoms with E-state index in [1.54, 1.807) is 19.2 Å². The van der Waals surface area contributed by atoms with Crippen molar-refractivity contribution in [3.05, 3.63) is 68.5 Å². The maximum Gasteiger partial charge on any atom is 0.238 e. The molecule has 0 unspecified atom stereocenters. The van der Waals surface area contributed by atoms with Crippen molar-refractivity contribution in [3.8, 4) is 5.75 Å². The molecule has 0 saturated heterocycles. The summed E-state index contributed by atoms with van der Waals surface area (Å²) >= 11 is 6.12. The molecule has 4 rings (SSSR count). The average Bonchev–Trinajstić information content (AvgIpc) is 2.71. The van der Waals surface area contributed by atoms with Crippen LogP contribution in [0.1, 0.15) is 16.8 Å². The van der Waals surface area contributed by atoms with Crippen molar-refractivity contribution < 1.29 is 9.53 Å². The standard InChI is InChI=1S/C22H22ClN3O3/c1-13-3-4-14(9-18(13)23)24-21(27)12-26-8-7-20-17(11-26)22(28)16-10-15(29-2)5-6-19(16)25-20/h3-6,9-10H,7-8,11-12H2,1-2H3,(H,24,27)(H,25,28). The van der Waals surface area contributed by atoms with E-state index in [4.69, 9.17) is 16.3 Å². The van der Waals surface area contributed by atoms with Gasteiger partial charge in [0, 0.05) is 52.4 Å². The number of rotatable bonds is 4. The minimum atomic E-state index is -0.132. The minimum Gasteiger partial charge on any atom is -0.497 e. The van der Waals surface area contributed by atoms with Crippen LogP contribution in [0.25, 0.3) is 10.9 Å². The number of halogens is 1. The van der Waals surface area contributed by atoms with Crippen molar-refractivity contribution in [2.24, 2.45) is 0 Å². The zero-order valence-electron chi connectivity index (χ0n) is 16.3. The highest BCUT2D eigenvalue weighted by atomic mass is 35.5. The molecular weight excluding hydrogens is 390 g/mol. The molecule has 0 aliphatic carbocycles. The van der Waals surface area contributed by atoms with Gasteiger partial charge < -0.3 is 15.0 Å². The number of methoxy groups -OCH3 is 1. The number of aromatic amines is 1. The van der Waals surface area contributed by atoms with Crippen molar-refractivity contribution in [2.45, 2.75) is 19.9 Å². The smallest absolute Gasteiger partial charge is 0.238 e. The molecule has 0 spiro atoms. The van der Waals surface area contributed by atoms with Gasteiger partial charge in [-0.05, 0) is 42.8 Å². The zero-order valence-corrected chi connectivity index (χ0v) is 17.1. The van der Waals surface area contributed by atoms with E-state index >= 15 is 0 Å². The molecule has 0 radical (unpaired) electrons. The fourth-order valence-corrected chi connectivity index (χ4v) is 3.83. The molecule has 1 aromatic heterocycles. The fraction of sp³-hybridized carbons (Fsp3) is 0.273. The van der Waals surface area contributed by atoms with Gasteiger partial charge in [-0.25, -0.2) is 0 Å². The summed E-state index contributed by atoms with van der Waals surface area (Å²) in [6.07, 6.45) is 0.691. The van der Waals surface area contributed by atoms with Crippen LogP contribution in [0.5, 0.6) is 5.75 Å². The van der Waals surface area contributed by atoms with Crippen LogP contribution in [0, 0.1) is 6.92 Å². The molecule has 1 aliphatic rings. The Bertz CT molecular complexity index is 1160. The number of hydrogen-bond donors (Lipinski definition) is 2. The van der Waals surface area contributed by atoms with Gasteiger partial charge >= 0.3 is 0 Å². The van der Waals surface area contributed by atoms with Crippen molar-refractivity contribution in [2.75, 3.05) is 25.5 Å². The molecular formula is C22H22ClN3O3. The maximum absolute atomic E-state index is 13.0. The molecule has 0 fully saturated rings. The number of ether oxygens (including phenoxy) is 1. The van der Waals surface area contributed by atoms with E-state index in [2.05, 4.69) is 10.3 Å². The summed E-state index contributed by atoms with van der Waals surface area (Å²) in [5, 5.41) is 4.09. The van der Waals surface area contributed by atoms with E-state index in [0.29, 0.717) is 46.9 Å². The number of fused-ring (bicyclic) bond motifs is 2. The number of anilines is 1. The summed E-state index contributed by atoms with van der Waals surface area (Å²) in [6.45, 7) is 3.25. The SMILES string of the molecule is COc1ccc2[nH]c3c(c(=O)c2c1)CN(CC(=O)Nc1ccc(C)c(Cl)c1)CC3. The van der Waals surface area contributed by atoms with Crippen molar-refractivity contribution in [3.63, 3.8) is 0 Å². The predicted octanol–water partition coefficient (Wildman–Crippen LogP) is 3.50. The van der Waals surface area contributed by atoms with E-state index in [-0.39, 0.29) is 17.9 Å². The number of H-pyrrole nitrogens is 1. The Morgan fingerprint density at radius 2 is 2.10 bits per heavy atom. The van der Waals surface area contributed by atoms with Crippen molar-refractivity contribution in [1.82, 2.24) is 9.88 Å². The normalized spacial score (nSPS) is 13.9. The highest BCUT2D eigenvalue weighted by Crippen LogP contribution is 2.22. The molecule has 3 aromatic rings. The quantitative estimate of drug-likeness (QED) is 0.689.